The van der Waals surface area contributed by atoms with Crippen molar-refractivity contribution in [1.29, 1.82) is 0 Å². The maximum Gasteiger partial charge on any atom is 0.153 e. The fourth-order valence-electron chi connectivity index (χ4n) is 1.89. The fourth-order valence-corrected chi connectivity index (χ4v) is 2.09. The van der Waals surface area contributed by atoms with Gasteiger partial charge >= 0.3 is 0 Å². The lowest BCUT2D eigenvalue weighted by Gasteiger charge is -1.97. The zero-order valence-corrected chi connectivity index (χ0v) is 9.90. The van der Waals surface area contributed by atoms with Crippen LogP contribution in [0.2, 0.25) is 5.02 Å². The van der Waals surface area contributed by atoms with E-state index in [0.29, 0.717) is 5.02 Å². The molecule has 0 spiro atoms. The smallest absolute Gasteiger partial charge is 0.153 e. The van der Waals surface area contributed by atoms with Gasteiger partial charge in [-0.2, -0.15) is 0 Å². The van der Waals surface area contributed by atoms with Crippen molar-refractivity contribution in [2.45, 2.75) is 20.4 Å². The molecule has 0 saturated heterocycles. The Hall–Kier alpha value is -0.990. The standard InChI is InChI=1S/C12H14ClNO/c1-7-4-5-9(13)12-11(7)8(2)10(15-12)6-14-3/h4-5,14H,6H2,1-3H3. The van der Waals surface area contributed by atoms with Crippen LogP contribution < -0.4 is 5.32 Å². The number of hydrogen-bond donors (Lipinski definition) is 1. The highest BCUT2D eigenvalue weighted by atomic mass is 35.5. The van der Waals surface area contributed by atoms with Crippen molar-refractivity contribution in [2.75, 3.05) is 7.05 Å². The van der Waals surface area contributed by atoms with E-state index in [1.54, 1.807) is 0 Å². The van der Waals surface area contributed by atoms with Crippen molar-refractivity contribution in [1.82, 2.24) is 5.32 Å². The Kier molecular flexibility index (Phi) is 2.72. The molecule has 0 fully saturated rings. The average Bonchev–Trinajstić information content (AvgIpc) is 2.53. The zero-order chi connectivity index (χ0) is 11.0. The van der Waals surface area contributed by atoms with E-state index >= 15 is 0 Å². The number of halogens is 1. The topological polar surface area (TPSA) is 25.2 Å². The van der Waals surface area contributed by atoms with Crippen molar-refractivity contribution in [3.63, 3.8) is 0 Å². The largest absolute Gasteiger partial charge is 0.458 e. The van der Waals surface area contributed by atoms with E-state index in [-0.39, 0.29) is 0 Å². The predicted octanol–water partition coefficient (Wildman–Crippen LogP) is 3.42. The van der Waals surface area contributed by atoms with Gasteiger partial charge in [0.1, 0.15) is 5.76 Å². The van der Waals surface area contributed by atoms with Gasteiger partial charge in [0.15, 0.2) is 5.58 Å². The Bertz CT molecular complexity index is 502. The third kappa shape index (κ3) is 1.64. The van der Waals surface area contributed by atoms with Crippen molar-refractivity contribution in [3.8, 4) is 0 Å². The van der Waals surface area contributed by atoms with Gasteiger partial charge in [-0.15, -0.1) is 0 Å². The fraction of sp³-hybridized carbons (Fsp3) is 0.333. The summed E-state index contributed by atoms with van der Waals surface area (Å²) in [5.41, 5.74) is 3.19. The second-order valence-electron chi connectivity index (χ2n) is 3.75. The van der Waals surface area contributed by atoms with E-state index in [4.69, 9.17) is 16.0 Å². The van der Waals surface area contributed by atoms with Gasteiger partial charge in [0.05, 0.1) is 11.6 Å². The first-order chi connectivity index (χ1) is 7.15. The first-order valence-corrected chi connectivity index (χ1v) is 5.34. The minimum absolute atomic E-state index is 0.682. The Labute approximate surface area is 94.2 Å². The van der Waals surface area contributed by atoms with E-state index in [1.807, 2.05) is 19.2 Å². The van der Waals surface area contributed by atoms with E-state index in [2.05, 4.69) is 19.2 Å². The Morgan fingerprint density at radius 3 is 2.67 bits per heavy atom. The Morgan fingerprint density at radius 1 is 1.33 bits per heavy atom. The van der Waals surface area contributed by atoms with Gasteiger partial charge in [0.25, 0.3) is 0 Å². The van der Waals surface area contributed by atoms with Crippen LogP contribution in [0.3, 0.4) is 0 Å². The van der Waals surface area contributed by atoms with Gasteiger partial charge in [-0.05, 0) is 32.5 Å². The molecular weight excluding hydrogens is 210 g/mol. The SMILES string of the molecule is CNCc1oc2c(Cl)ccc(C)c2c1C. The average molecular weight is 224 g/mol. The number of rotatable bonds is 2. The monoisotopic (exact) mass is 223 g/mol. The summed E-state index contributed by atoms with van der Waals surface area (Å²) >= 11 is 6.10. The van der Waals surface area contributed by atoms with Gasteiger partial charge in [0, 0.05) is 10.9 Å². The molecule has 1 N–H and O–H groups in total. The number of benzene rings is 1. The number of hydrogen-bond acceptors (Lipinski definition) is 2. The summed E-state index contributed by atoms with van der Waals surface area (Å²) in [6, 6.07) is 3.90. The van der Waals surface area contributed by atoms with Gasteiger partial charge in [-0.25, -0.2) is 0 Å². The van der Waals surface area contributed by atoms with Crippen molar-refractivity contribution in [2.24, 2.45) is 0 Å². The molecule has 0 atom stereocenters. The van der Waals surface area contributed by atoms with Crippen LogP contribution in [-0.4, -0.2) is 7.05 Å². The molecule has 0 amide bonds. The van der Waals surface area contributed by atoms with Crippen molar-refractivity contribution < 1.29 is 4.42 Å². The highest BCUT2D eigenvalue weighted by molar-refractivity contribution is 6.35. The summed E-state index contributed by atoms with van der Waals surface area (Å²) in [6.45, 7) is 4.88. The van der Waals surface area contributed by atoms with Crippen LogP contribution in [0, 0.1) is 13.8 Å². The Morgan fingerprint density at radius 2 is 2.07 bits per heavy atom. The lowest BCUT2D eigenvalue weighted by Crippen LogP contribution is -2.04. The summed E-state index contributed by atoms with van der Waals surface area (Å²) in [4.78, 5) is 0. The van der Waals surface area contributed by atoms with Crippen LogP contribution in [0.15, 0.2) is 16.5 Å². The molecule has 0 saturated carbocycles. The molecule has 80 valence electrons. The number of nitrogens with one attached hydrogen (secondary N) is 1. The molecule has 2 aromatic rings. The second-order valence-corrected chi connectivity index (χ2v) is 4.16. The summed E-state index contributed by atoms with van der Waals surface area (Å²) in [7, 11) is 1.90. The van der Waals surface area contributed by atoms with Crippen LogP contribution in [0.25, 0.3) is 11.0 Å². The number of fused-ring (bicyclic) bond motifs is 1. The molecule has 0 radical (unpaired) electrons. The van der Waals surface area contributed by atoms with Crippen LogP contribution in [-0.2, 0) is 6.54 Å². The second kappa shape index (κ2) is 3.87. The molecule has 1 aromatic carbocycles. The normalized spacial score (nSPS) is 11.2. The lowest BCUT2D eigenvalue weighted by molar-refractivity contribution is 0.527. The van der Waals surface area contributed by atoms with E-state index in [1.165, 1.54) is 11.1 Å². The molecule has 0 aliphatic rings. The molecular formula is C12H14ClNO. The maximum absolute atomic E-state index is 6.10. The van der Waals surface area contributed by atoms with Crippen LogP contribution in [0.4, 0.5) is 0 Å². The summed E-state index contributed by atoms with van der Waals surface area (Å²) in [5, 5.41) is 4.92. The molecule has 0 unspecified atom stereocenters. The van der Waals surface area contributed by atoms with Gasteiger partial charge in [-0.3, -0.25) is 0 Å². The van der Waals surface area contributed by atoms with Gasteiger partial charge < -0.3 is 9.73 Å². The minimum Gasteiger partial charge on any atom is -0.458 e. The van der Waals surface area contributed by atoms with Crippen LogP contribution >= 0.6 is 11.6 Å². The highest BCUT2D eigenvalue weighted by Crippen LogP contribution is 2.33. The third-order valence-electron chi connectivity index (χ3n) is 2.67. The maximum atomic E-state index is 6.10. The van der Waals surface area contributed by atoms with Gasteiger partial charge in [-0.1, -0.05) is 17.7 Å². The minimum atomic E-state index is 0.682. The predicted molar refractivity (Wildman–Crippen MR) is 63.5 cm³/mol. The van der Waals surface area contributed by atoms with Crippen LogP contribution in [0.1, 0.15) is 16.9 Å². The molecule has 1 aromatic heterocycles. The zero-order valence-electron chi connectivity index (χ0n) is 9.15. The first-order valence-electron chi connectivity index (χ1n) is 4.97. The van der Waals surface area contributed by atoms with Crippen molar-refractivity contribution >= 4 is 22.6 Å². The first kappa shape index (κ1) is 10.5. The highest BCUT2D eigenvalue weighted by Gasteiger charge is 2.13. The molecule has 15 heavy (non-hydrogen) atoms. The third-order valence-corrected chi connectivity index (χ3v) is 2.97. The molecule has 0 aliphatic heterocycles. The molecule has 1 heterocycles. The van der Waals surface area contributed by atoms with E-state index in [0.717, 1.165) is 23.3 Å². The van der Waals surface area contributed by atoms with E-state index in [9.17, 15) is 0 Å². The molecule has 0 aliphatic carbocycles. The number of furan rings is 1. The lowest BCUT2D eigenvalue weighted by atomic mass is 10.1. The molecule has 2 rings (SSSR count). The summed E-state index contributed by atoms with van der Waals surface area (Å²) in [6.07, 6.45) is 0. The summed E-state index contributed by atoms with van der Waals surface area (Å²) in [5.74, 6) is 0.962. The molecule has 2 nitrogen and oxygen atoms in total. The van der Waals surface area contributed by atoms with Crippen molar-refractivity contribution in [3.05, 3.63) is 34.0 Å². The summed E-state index contributed by atoms with van der Waals surface area (Å²) < 4.78 is 5.76. The van der Waals surface area contributed by atoms with Crippen LogP contribution in [0.5, 0.6) is 0 Å². The van der Waals surface area contributed by atoms with E-state index < -0.39 is 0 Å². The molecule has 0 bridgehead atoms. The Balaban J connectivity index is 2.75. The van der Waals surface area contributed by atoms with Gasteiger partial charge in [0.2, 0.25) is 0 Å². The molecule has 3 heteroatoms. The number of aryl methyl sites for hydroxylation is 2. The quantitative estimate of drug-likeness (QED) is 0.844.